The Balaban J connectivity index is 0.00000400. The first-order valence-corrected chi connectivity index (χ1v) is 6.27. The average molecular weight is 317 g/mol. The summed E-state index contributed by atoms with van der Waals surface area (Å²) in [6, 6.07) is 3.97. The summed E-state index contributed by atoms with van der Waals surface area (Å²) in [6.45, 7) is 5.99. The number of benzene rings is 1. The number of nitro benzene ring substituents is 1. The van der Waals surface area contributed by atoms with Crippen LogP contribution in [0.5, 0.6) is 0 Å². The molecule has 0 aromatic heterocycles. The molecule has 0 heterocycles. The van der Waals surface area contributed by atoms with Crippen molar-refractivity contribution in [1.29, 1.82) is 0 Å². The zero-order valence-electron chi connectivity index (χ0n) is 12.3. The van der Waals surface area contributed by atoms with Gasteiger partial charge >= 0.3 is 0 Å². The summed E-state index contributed by atoms with van der Waals surface area (Å²) in [5, 5.41) is 13.6. The maximum absolute atomic E-state index is 12.2. The van der Waals surface area contributed by atoms with E-state index in [-0.39, 0.29) is 41.8 Å². The van der Waals surface area contributed by atoms with Gasteiger partial charge in [0.25, 0.3) is 11.6 Å². The Morgan fingerprint density at radius 1 is 1.48 bits per heavy atom. The third-order valence-electron chi connectivity index (χ3n) is 3.59. The molecule has 0 fully saturated rings. The summed E-state index contributed by atoms with van der Waals surface area (Å²) >= 11 is 0. The van der Waals surface area contributed by atoms with Crippen LogP contribution in [-0.2, 0) is 0 Å². The Hall–Kier alpha value is -1.86. The van der Waals surface area contributed by atoms with E-state index in [2.05, 4.69) is 5.32 Å². The molecule has 0 radical (unpaired) electrons. The lowest BCUT2D eigenvalue weighted by Crippen LogP contribution is -2.55. The Kier molecular flexibility index (Phi) is 6.59. The topological polar surface area (TPSA) is 124 Å². The smallest absolute Gasteiger partial charge is 0.292 e. The number of carbonyl (C=O) groups excluding carboxylic acids is 1. The summed E-state index contributed by atoms with van der Waals surface area (Å²) in [5.41, 5.74) is 10.5. The number of halogens is 1. The van der Waals surface area contributed by atoms with Gasteiger partial charge in [0.05, 0.1) is 10.5 Å². The van der Waals surface area contributed by atoms with Crippen LogP contribution in [0.4, 0.5) is 11.4 Å². The number of carbonyl (C=O) groups is 1. The Morgan fingerprint density at radius 3 is 2.48 bits per heavy atom. The van der Waals surface area contributed by atoms with Gasteiger partial charge in [0.1, 0.15) is 5.69 Å². The molecule has 1 aromatic carbocycles. The van der Waals surface area contributed by atoms with E-state index >= 15 is 0 Å². The van der Waals surface area contributed by atoms with Crippen LogP contribution in [0.15, 0.2) is 18.2 Å². The van der Waals surface area contributed by atoms with Crippen LogP contribution >= 0.6 is 12.4 Å². The second-order valence-corrected chi connectivity index (χ2v) is 5.26. The van der Waals surface area contributed by atoms with Crippen molar-refractivity contribution in [3.8, 4) is 0 Å². The third-order valence-corrected chi connectivity index (χ3v) is 3.59. The first kappa shape index (κ1) is 19.1. The van der Waals surface area contributed by atoms with Crippen molar-refractivity contribution in [2.75, 3.05) is 12.3 Å². The Bertz CT molecular complexity index is 536. The standard InChI is InChI=1S/C13H20N4O3.ClH/c1-8(2)13(3,7-14)16-12(18)9-4-5-10(15)11(6-9)17(19)20;/h4-6,8H,7,14-15H2,1-3H3,(H,16,18);1H. The SMILES string of the molecule is CC(C)C(C)(CN)NC(=O)c1ccc(N)c([N+](=O)[O-])c1.Cl. The van der Waals surface area contributed by atoms with Crippen molar-refractivity contribution in [1.82, 2.24) is 5.32 Å². The minimum Gasteiger partial charge on any atom is -0.393 e. The average Bonchev–Trinajstić information content (AvgIpc) is 2.38. The zero-order chi connectivity index (χ0) is 15.5. The quantitative estimate of drug-likeness (QED) is 0.433. The molecule has 1 amide bonds. The summed E-state index contributed by atoms with van der Waals surface area (Å²) < 4.78 is 0. The number of hydrogen-bond acceptors (Lipinski definition) is 5. The molecule has 21 heavy (non-hydrogen) atoms. The number of hydrogen-bond donors (Lipinski definition) is 3. The van der Waals surface area contributed by atoms with E-state index in [4.69, 9.17) is 11.5 Å². The number of nitrogen functional groups attached to an aromatic ring is 1. The number of rotatable bonds is 5. The van der Waals surface area contributed by atoms with Gasteiger partial charge in [-0.3, -0.25) is 14.9 Å². The fourth-order valence-corrected chi connectivity index (χ4v) is 1.61. The molecule has 0 aliphatic heterocycles. The molecule has 0 bridgehead atoms. The molecule has 0 aliphatic rings. The normalized spacial score (nSPS) is 13.2. The Labute approximate surface area is 129 Å². The first-order chi connectivity index (χ1) is 9.21. The third kappa shape index (κ3) is 4.30. The molecule has 5 N–H and O–H groups in total. The van der Waals surface area contributed by atoms with E-state index in [1.54, 1.807) is 0 Å². The lowest BCUT2D eigenvalue weighted by Gasteiger charge is -2.33. The van der Waals surface area contributed by atoms with Crippen LogP contribution < -0.4 is 16.8 Å². The molecule has 1 rings (SSSR count). The van der Waals surface area contributed by atoms with Crippen LogP contribution in [0.2, 0.25) is 0 Å². The molecule has 7 nitrogen and oxygen atoms in total. The number of nitrogens with two attached hydrogens (primary N) is 2. The van der Waals surface area contributed by atoms with Gasteiger partial charge in [-0.1, -0.05) is 13.8 Å². The van der Waals surface area contributed by atoms with E-state index in [0.29, 0.717) is 0 Å². The summed E-state index contributed by atoms with van der Waals surface area (Å²) in [7, 11) is 0. The highest BCUT2D eigenvalue weighted by Crippen LogP contribution is 2.23. The van der Waals surface area contributed by atoms with E-state index in [0.717, 1.165) is 0 Å². The van der Waals surface area contributed by atoms with Crippen molar-refractivity contribution in [2.24, 2.45) is 11.7 Å². The van der Waals surface area contributed by atoms with Crippen molar-refractivity contribution in [2.45, 2.75) is 26.3 Å². The lowest BCUT2D eigenvalue weighted by atomic mass is 9.88. The van der Waals surface area contributed by atoms with Crippen LogP contribution in [0, 0.1) is 16.0 Å². The predicted octanol–water partition coefficient (Wildman–Crippen LogP) is 1.70. The predicted molar refractivity (Wildman–Crippen MR) is 84.5 cm³/mol. The van der Waals surface area contributed by atoms with Gasteiger partial charge in [-0.2, -0.15) is 0 Å². The minimum atomic E-state index is -0.614. The van der Waals surface area contributed by atoms with Gasteiger partial charge in [-0.05, 0) is 25.0 Å². The van der Waals surface area contributed by atoms with E-state index in [1.165, 1.54) is 18.2 Å². The number of nitro groups is 1. The maximum Gasteiger partial charge on any atom is 0.292 e. The van der Waals surface area contributed by atoms with Crippen molar-refractivity contribution in [3.05, 3.63) is 33.9 Å². The van der Waals surface area contributed by atoms with E-state index in [9.17, 15) is 14.9 Å². The van der Waals surface area contributed by atoms with E-state index < -0.39 is 16.4 Å². The highest BCUT2D eigenvalue weighted by molar-refractivity contribution is 5.96. The van der Waals surface area contributed by atoms with Gasteiger partial charge < -0.3 is 16.8 Å². The lowest BCUT2D eigenvalue weighted by molar-refractivity contribution is -0.383. The fraction of sp³-hybridized carbons (Fsp3) is 0.462. The molecule has 118 valence electrons. The summed E-state index contributed by atoms with van der Waals surface area (Å²) in [4.78, 5) is 22.4. The zero-order valence-corrected chi connectivity index (χ0v) is 13.1. The van der Waals surface area contributed by atoms with Gasteiger partial charge in [0, 0.05) is 18.2 Å². The van der Waals surface area contributed by atoms with Crippen molar-refractivity contribution < 1.29 is 9.72 Å². The van der Waals surface area contributed by atoms with Gasteiger partial charge in [0.15, 0.2) is 0 Å². The number of amides is 1. The Morgan fingerprint density at radius 2 is 2.05 bits per heavy atom. The van der Waals surface area contributed by atoms with E-state index in [1.807, 2.05) is 20.8 Å². The number of nitrogens with one attached hydrogen (secondary N) is 1. The second kappa shape index (κ2) is 7.24. The van der Waals surface area contributed by atoms with Gasteiger partial charge in [0.2, 0.25) is 0 Å². The maximum atomic E-state index is 12.2. The van der Waals surface area contributed by atoms with Gasteiger partial charge in [-0.15, -0.1) is 12.4 Å². The minimum absolute atomic E-state index is 0. The monoisotopic (exact) mass is 316 g/mol. The van der Waals surface area contributed by atoms with Crippen LogP contribution in [-0.4, -0.2) is 22.9 Å². The molecule has 8 heteroatoms. The molecular weight excluding hydrogens is 296 g/mol. The molecule has 0 saturated heterocycles. The van der Waals surface area contributed by atoms with Crippen molar-refractivity contribution in [3.63, 3.8) is 0 Å². The largest absolute Gasteiger partial charge is 0.393 e. The molecule has 0 spiro atoms. The van der Waals surface area contributed by atoms with Gasteiger partial charge in [-0.25, -0.2) is 0 Å². The highest BCUT2D eigenvalue weighted by Gasteiger charge is 2.29. The number of anilines is 1. The molecule has 0 saturated carbocycles. The highest BCUT2D eigenvalue weighted by atomic mass is 35.5. The molecule has 1 unspecified atom stereocenters. The second-order valence-electron chi connectivity index (χ2n) is 5.26. The van der Waals surface area contributed by atoms with Crippen LogP contribution in [0.1, 0.15) is 31.1 Å². The fourth-order valence-electron chi connectivity index (χ4n) is 1.61. The number of nitrogens with zero attached hydrogens (tertiary/aromatic N) is 1. The van der Waals surface area contributed by atoms with Crippen molar-refractivity contribution >= 4 is 29.7 Å². The molecular formula is C13H21ClN4O3. The summed E-state index contributed by atoms with van der Waals surface area (Å²) in [5.74, 6) is -0.282. The molecule has 1 aromatic rings. The summed E-state index contributed by atoms with van der Waals surface area (Å²) in [6.07, 6.45) is 0. The molecule has 1 atom stereocenters. The first-order valence-electron chi connectivity index (χ1n) is 6.27. The van der Waals surface area contributed by atoms with Crippen LogP contribution in [0.3, 0.4) is 0 Å². The van der Waals surface area contributed by atoms with Crippen LogP contribution in [0.25, 0.3) is 0 Å². The molecule has 0 aliphatic carbocycles.